The molecule has 0 aliphatic rings. The van der Waals surface area contributed by atoms with E-state index in [1.165, 1.54) is 0 Å². The zero-order chi connectivity index (χ0) is 12.6. The van der Waals surface area contributed by atoms with Crippen LogP contribution in [0.25, 0.3) is 0 Å². The second kappa shape index (κ2) is 6.06. The van der Waals surface area contributed by atoms with Crippen LogP contribution in [-0.4, -0.2) is 6.02 Å². The lowest BCUT2D eigenvalue weighted by Crippen LogP contribution is -2.19. The smallest absolute Gasteiger partial charge is 0.310 e. The van der Waals surface area contributed by atoms with Gasteiger partial charge in [0, 0.05) is 5.69 Å². The van der Waals surface area contributed by atoms with Gasteiger partial charge < -0.3 is 10.1 Å². The van der Waals surface area contributed by atoms with E-state index in [-0.39, 0.29) is 6.02 Å². The van der Waals surface area contributed by atoms with Crippen molar-refractivity contribution in [1.82, 2.24) is 0 Å². The summed E-state index contributed by atoms with van der Waals surface area (Å²) in [5, 5.41) is 11.6. The lowest BCUT2D eigenvalue weighted by molar-refractivity contribution is 0.549. The molecule has 0 heterocycles. The third-order valence-corrected chi connectivity index (χ3v) is 2.13. The number of nitriles is 1. The van der Waals surface area contributed by atoms with Crippen LogP contribution in [0.15, 0.2) is 65.7 Å². The fourth-order valence-electron chi connectivity index (χ4n) is 1.37. The molecule has 4 heteroatoms. The number of aliphatic imine (C=N–C) groups is 1. The second-order valence-corrected chi connectivity index (χ2v) is 3.42. The first-order valence-electron chi connectivity index (χ1n) is 5.40. The predicted molar refractivity (Wildman–Crippen MR) is 70.2 cm³/mol. The molecule has 0 saturated heterocycles. The van der Waals surface area contributed by atoms with E-state index in [9.17, 15) is 0 Å². The highest BCUT2D eigenvalue weighted by molar-refractivity contribution is 5.91. The van der Waals surface area contributed by atoms with Crippen molar-refractivity contribution < 1.29 is 4.74 Å². The lowest BCUT2D eigenvalue weighted by atomic mass is 10.3. The van der Waals surface area contributed by atoms with Crippen molar-refractivity contribution in [3.8, 4) is 11.9 Å². The molecule has 0 aromatic heterocycles. The maximum atomic E-state index is 8.64. The highest BCUT2D eigenvalue weighted by atomic mass is 16.5. The van der Waals surface area contributed by atoms with Crippen LogP contribution in [0, 0.1) is 11.5 Å². The van der Waals surface area contributed by atoms with Crippen LogP contribution in [0.5, 0.6) is 5.75 Å². The Morgan fingerprint density at radius 1 is 1.00 bits per heavy atom. The number of nitrogens with one attached hydrogen (secondary N) is 1. The summed E-state index contributed by atoms with van der Waals surface area (Å²) in [5.41, 5.74) is 0.808. The molecule has 18 heavy (non-hydrogen) atoms. The van der Waals surface area contributed by atoms with Crippen LogP contribution >= 0.6 is 0 Å². The summed E-state index contributed by atoms with van der Waals surface area (Å²) < 4.78 is 5.48. The van der Waals surface area contributed by atoms with Gasteiger partial charge >= 0.3 is 6.02 Å². The summed E-state index contributed by atoms with van der Waals surface area (Å²) in [5.74, 6) is 0.620. The predicted octanol–water partition coefficient (Wildman–Crippen LogP) is 3.01. The molecule has 88 valence electrons. The third-order valence-electron chi connectivity index (χ3n) is 2.13. The average Bonchev–Trinajstić information content (AvgIpc) is 2.41. The first-order valence-corrected chi connectivity index (χ1v) is 5.40. The molecular weight excluding hydrogens is 226 g/mol. The largest absolute Gasteiger partial charge is 0.425 e. The Bertz CT molecular complexity index is 515. The topological polar surface area (TPSA) is 57.4 Å². The number of rotatable bonds is 2. The van der Waals surface area contributed by atoms with Gasteiger partial charge in [-0.3, -0.25) is 0 Å². The third kappa shape index (κ3) is 3.35. The van der Waals surface area contributed by atoms with E-state index in [2.05, 4.69) is 10.3 Å². The van der Waals surface area contributed by atoms with Gasteiger partial charge in [-0.25, -0.2) is 0 Å². The Balaban J connectivity index is 2.11. The van der Waals surface area contributed by atoms with Crippen molar-refractivity contribution in [2.75, 3.05) is 5.32 Å². The summed E-state index contributed by atoms with van der Waals surface area (Å²) >= 11 is 0. The molecule has 0 fully saturated rings. The quantitative estimate of drug-likeness (QED) is 0.496. The number of nitrogens with zero attached hydrogens (tertiary/aromatic N) is 2. The van der Waals surface area contributed by atoms with Crippen molar-refractivity contribution in [2.24, 2.45) is 4.99 Å². The maximum absolute atomic E-state index is 8.64. The SMILES string of the molecule is N#C/N=C(\Nc1ccccc1)Oc1ccccc1. The molecule has 0 radical (unpaired) electrons. The van der Waals surface area contributed by atoms with Crippen molar-refractivity contribution >= 4 is 11.7 Å². The van der Waals surface area contributed by atoms with Crippen LogP contribution in [0.2, 0.25) is 0 Å². The normalized spacial score (nSPS) is 10.5. The zero-order valence-electron chi connectivity index (χ0n) is 9.58. The molecule has 0 spiro atoms. The standard InChI is InChI=1S/C14H11N3O/c15-11-16-14(17-12-7-3-1-4-8-12)18-13-9-5-2-6-10-13/h1-10H,(H,16,17). The van der Waals surface area contributed by atoms with Crippen LogP contribution < -0.4 is 10.1 Å². The van der Waals surface area contributed by atoms with Crippen molar-refractivity contribution in [1.29, 1.82) is 5.26 Å². The van der Waals surface area contributed by atoms with E-state index in [1.54, 1.807) is 18.3 Å². The van der Waals surface area contributed by atoms with Gasteiger partial charge in [0.15, 0.2) is 0 Å². The number of amidine groups is 1. The van der Waals surface area contributed by atoms with Gasteiger partial charge in [0.05, 0.1) is 0 Å². The zero-order valence-corrected chi connectivity index (χ0v) is 9.58. The van der Waals surface area contributed by atoms with E-state index in [0.29, 0.717) is 5.75 Å². The summed E-state index contributed by atoms with van der Waals surface area (Å²) in [7, 11) is 0. The van der Waals surface area contributed by atoms with Gasteiger partial charge in [-0.1, -0.05) is 36.4 Å². The summed E-state index contributed by atoms with van der Waals surface area (Å²) in [4.78, 5) is 3.60. The highest BCUT2D eigenvalue weighted by Crippen LogP contribution is 2.11. The molecule has 0 aliphatic carbocycles. The molecule has 0 bridgehead atoms. The Kier molecular flexibility index (Phi) is 3.93. The van der Waals surface area contributed by atoms with Crippen molar-refractivity contribution in [3.05, 3.63) is 60.7 Å². The second-order valence-electron chi connectivity index (χ2n) is 3.42. The van der Waals surface area contributed by atoms with Crippen LogP contribution in [0.1, 0.15) is 0 Å². The van der Waals surface area contributed by atoms with Crippen LogP contribution in [0.3, 0.4) is 0 Å². The van der Waals surface area contributed by atoms with Gasteiger partial charge in [-0.05, 0) is 24.3 Å². The molecule has 2 aromatic carbocycles. The van der Waals surface area contributed by atoms with E-state index in [4.69, 9.17) is 10.00 Å². The van der Waals surface area contributed by atoms with E-state index in [0.717, 1.165) is 5.69 Å². The molecular formula is C14H11N3O. The Morgan fingerprint density at radius 3 is 2.22 bits per heavy atom. The number of hydrogen-bond donors (Lipinski definition) is 1. The molecule has 0 amide bonds. The number of ether oxygens (including phenoxy) is 1. The lowest BCUT2D eigenvalue weighted by Gasteiger charge is -2.09. The molecule has 0 unspecified atom stereocenters. The minimum absolute atomic E-state index is 0.148. The minimum Gasteiger partial charge on any atom is -0.425 e. The maximum Gasteiger partial charge on any atom is 0.310 e. The van der Waals surface area contributed by atoms with Gasteiger partial charge in [-0.15, -0.1) is 4.99 Å². The molecule has 0 aliphatic heterocycles. The number of hydrogen-bond acceptors (Lipinski definition) is 3. The number of anilines is 1. The Hall–Kier alpha value is -2.80. The van der Waals surface area contributed by atoms with Crippen LogP contribution in [-0.2, 0) is 0 Å². The van der Waals surface area contributed by atoms with Crippen molar-refractivity contribution in [3.63, 3.8) is 0 Å². The number of benzene rings is 2. The molecule has 2 aromatic rings. The fraction of sp³-hybridized carbons (Fsp3) is 0. The molecule has 0 saturated carbocycles. The number of para-hydroxylation sites is 2. The van der Waals surface area contributed by atoms with E-state index < -0.39 is 0 Å². The first-order chi connectivity index (χ1) is 8.88. The minimum atomic E-state index is 0.148. The molecule has 2 rings (SSSR count). The molecule has 1 N–H and O–H groups in total. The Morgan fingerprint density at radius 2 is 1.61 bits per heavy atom. The summed E-state index contributed by atoms with van der Waals surface area (Å²) in [6.07, 6.45) is 1.71. The Labute approximate surface area is 105 Å². The van der Waals surface area contributed by atoms with Gasteiger partial charge in [0.2, 0.25) is 6.19 Å². The first kappa shape index (κ1) is 11.7. The average molecular weight is 237 g/mol. The monoisotopic (exact) mass is 237 g/mol. The van der Waals surface area contributed by atoms with Gasteiger partial charge in [-0.2, -0.15) is 5.26 Å². The van der Waals surface area contributed by atoms with Gasteiger partial charge in [0.25, 0.3) is 0 Å². The van der Waals surface area contributed by atoms with E-state index in [1.807, 2.05) is 48.5 Å². The summed E-state index contributed by atoms with van der Waals surface area (Å²) in [6.45, 7) is 0. The molecule has 4 nitrogen and oxygen atoms in total. The van der Waals surface area contributed by atoms with E-state index >= 15 is 0 Å². The highest BCUT2D eigenvalue weighted by Gasteiger charge is 2.02. The van der Waals surface area contributed by atoms with Crippen molar-refractivity contribution in [2.45, 2.75) is 0 Å². The summed E-state index contributed by atoms with van der Waals surface area (Å²) in [6, 6.07) is 18.7. The van der Waals surface area contributed by atoms with Gasteiger partial charge in [0.1, 0.15) is 5.75 Å². The fourth-order valence-corrected chi connectivity index (χ4v) is 1.37. The van der Waals surface area contributed by atoms with Crippen LogP contribution in [0.4, 0.5) is 5.69 Å². The molecule has 0 atom stereocenters.